The van der Waals surface area contributed by atoms with Crippen LogP contribution in [0.1, 0.15) is 0 Å². The van der Waals surface area contributed by atoms with E-state index in [1.165, 1.54) is 12.1 Å². The Bertz CT molecular complexity index is 331. The molecule has 0 aliphatic heterocycles. The van der Waals surface area contributed by atoms with Gasteiger partial charge in [0.15, 0.2) is 0 Å². The van der Waals surface area contributed by atoms with Crippen LogP contribution in [0.2, 0.25) is 0 Å². The second-order valence-electron chi connectivity index (χ2n) is 2.76. The molecule has 0 radical (unpaired) electrons. The van der Waals surface area contributed by atoms with Crippen molar-refractivity contribution in [1.29, 1.82) is 0 Å². The van der Waals surface area contributed by atoms with E-state index < -0.39 is 4.92 Å². The van der Waals surface area contributed by atoms with E-state index in [4.69, 9.17) is 21.1 Å². The number of alkyl halides is 1. The molecule has 0 saturated carbocycles. The van der Waals surface area contributed by atoms with Gasteiger partial charge in [-0.1, -0.05) is 0 Å². The molecule has 7 heteroatoms. The van der Waals surface area contributed by atoms with Crippen LogP contribution in [0.15, 0.2) is 18.3 Å². The molecule has 0 fully saturated rings. The second-order valence-corrected chi connectivity index (χ2v) is 3.14. The Hall–Kier alpha value is -1.40. The summed E-state index contributed by atoms with van der Waals surface area (Å²) in [5, 5.41) is 10.3. The molecule has 0 saturated heterocycles. The number of nitrogens with zero attached hydrogens (tertiary/aromatic N) is 2. The number of hydrogen-bond acceptors (Lipinski definition) is 5. The minimum atomic E-state index is -0.514. The summed E-state index contributed by atoms with van der Waals surface area (Å²) >= 11 is 5.40. The van der Waals surface area contributed by atoms with E-state index in [0.29, 0.717) is 31.6 Å². The van der Waals surface area contributed by atoms with E-state index in [1.54, 1.807) is 0 Å². The summed E-state index contributed by atoms with van der Waals surface area (Å²) in [7, 11) is 0. The van der Waals surface area contributed by atoms with E-state index >= 15 is 0 Å². The molecule has 0 atom stereocenters. The minimum Gasteiger partial charge on any atom is -0.475 e. The highest BCUT2D eigenvalue weighted by molar-refractivity contribution is 6.17. The number of rotatable bonds is 7. The largest absolute Gasteiger partial charge is 0.475 e. The fourth-order valence-corrected chi connectivity index (χ4v) is 1.04. The van der Waals surface area contributed by atoms with Gasteiger partial charge in [-0.05, 0) is 0 Å². The lowest BCUT2D eigenvalue weighted by Gasteiger charge is -2.04. The highest BCUT2D eigenvalue weighted by atomic mass is 35.5. The first-order valence-electron chi connectivity index (χ1n) is 4.61. The fraction of sp³-hybridized carbons (Fsp3) is 0.444. The van der Waals surface area contributed by atoms with Crippen molar-refractivity contribution in [2.45, 2.75) is 0 Å². The van der Waals surface area contributed by atoms with Crippen molar-refractivity contribution in [3.8, 4) is 5.88 Å². The molecule has 0 spiro atoms. The van der Waals surface area contributed by atoms with Gasteiger partial charge in [0.05, 0.1) is 18.1 Å². The SMILES string of the molecule is O=[N+]([O-])c1ccc(OCCOCCCl)nc1. The molecule has 6 nitrogen and oxygen atoms in total. The monoisotopic (exact) mass is 246 g/mol. The average Bonchev–Trinajstić information content (AvgIpc) is 2.29. The summed E-state index contributed by atoms with van der Waals surface area (Å²) < 4.78 is 10.3. The third-order valence-corrected chi connectivity index (χ3v) is 1.78. The predicted molar refractivity (Wildman–Crippen MR) is 57.9 cm³/mol. The molecule has 1 aromatic rings. The summed E-state index contributed by atoms with van der Waals surface area (Å²) in [6, 6.07) is 2.78. The number of aromatic nitrogens is 1. The van der Waals surface area contributed by atoms with Crippen molar-refractivity contribution < 1.29 is 14.4 Å². The Labute approximate surface area is 97.3 Å². The Balaban J connectivity index is 2.29. The highest BCUT2D eigenvalue weighted by Crippen LogP contribution is 2.13. The maximum atomic E-state index is 10.3. The molecule has 0 aromatic carbocycles. The number of halogens is 1. The molecule has 0 N–H and O–H groups in total. The van der Waals surface area contributed by atoms with Gasteiger partial charge >= 0.3 is 0 Å². The third kappa shape index (κ3) is 4.41. The van der Waals surface area contributed by atoms with Crippen LogP contribution in [0.4, 0.5) is 5.69 Å². The number of hydrogen-bond donors (Lipinski definition) is 0. The standard InChI is InChI=1S/C9H11ClN2O4/c10-3-4-15-5-6-16-9-2-1-8(7-11-9)12(13)14/h1-2,7H,3-6H2. The lowest BCUT2D eigenvalue weighted by Crippen LogP contribution is -2.08. The summed E-state index contributed by atoms with van der Waals surface area (Å²) in [6.07, 6.45) is 1.15. The molecule has 0 unspecified atom stereocenters. The van der Waals surface area contributed by atoms with E-state index in [2.05, 4.69) is 4.98 Å². The van der Waals surface area contributed by atoms with Crippen molar-refractivity contribution in [3.63, 3.8) is 0 Å². The second kappa shape index (κ2) is 6.97. The van der Waals surface area contributed by atoms with Crippen LogP contribution in [0.5, 0.6) is 5.88 Å². The van der Waals surface area contributed by atoms with Gasteiger partial charge in [-0.2, -0.15) is 0 Å². The van der Waals surface area contributed by atoms with Crippen LogP contribution in [-0.2, 0) is 4.74 Å². The zero-order valence-electron chi connectivity index (χ0n) is 8.47. The lowest BCUT2D eigenvalue weighted by molar-refractivity contribution is -0.385. The smallest absolute Gasteiger partial charge is 0.287 e. The molecule has 0 aliphatic carbocycles. The highest BCUT2D eigenvalue weighted by Gasteiger charge is 2.05. The summed E-state index contributed by atoms with van der Waals surface area (Å²) in [5.41, 5.74) is -0.0641. The van der Waals surface area contributed by atoms with Crippen LogP contribution in [0.3, 0.4) is 0 Å². The number of pyridine rings is 1. The number of nitro groups is 1. The Morgan fingerprint density at radius 3 is 2.75 bits per heavy atom. The number of ether oxygens (including phenoxy) is 2. The van der Waals surface area contributed by atoms with E-state index in [9.17, 15) is 10.1 Å². The molecule has 0 amide bonds. The van der Waals surface area contributed by atoms with Crippen molar-refractivity contribution in [2.24, 2.45) is 0 Å². The van der Waals surface area contributed by atoms with Crippen LogP contribution < -0.4 is 4.74 Å². The zero-order valence-corrected chi connectivity index (χ0v) is 9.22. The molecule has 16 heavy (non-hydrogen) atoms. The van der Waals surface area contributed by atoms with E-state index in [0.717, 1.165) is 6.20 Å². The van der Waals surface area contributed by atoms with Gasteiger partial charge < -0.3 is 9.47 Å². The molecule has 0 bridgehead atoms. The maximum absolute atomic E-state index is 10.3. The van der Waals surface area contributed by atoms with Crippen LogP contribution >= 0.6 is 11.6 Å². The van der Waals surface area contributed by atoms with Crippen molar-refractivity contribution >= 4 is 17.3 Å². The summed E-state index contributed by atoms with van der Waals surface area (Å²) in [5.74, 6) is 0.774. The molecule has 1 rings (SSSR count). The zero-order chi connectivity index (χ0) is 11.8. The van der Waals surface area contributed by atoms with Gasteiger partial charge in [0.1, 0.15) is 12.8 Å². The van der Waals surface area contributed by atoms with Crippen LogP contribution in [0, 0.1) is 10.1 Å². The van der Waals surface area contributed by atoms with Crippen LogP contribution in [0.25, 0.3) is 0 Å². The molecular weight excluding hydrogens is 236 g/mol. The molecular formula is C9H11ClN2O4. The maximum Gasteiger partial charge on any atom is 0.287 e. The van der Waals surface area contributed by atoms with Gasteiger partial charge in [0.25, 0.3) is 5.69 Å². The van der Waals surface area contributed by atoms with Crippen molar-refractivity contribution in [2.75, 3.05) is 25.7 Å². The normalized spacial score (nSPS) is 10.1. The molecule has 1 aromatic heterocycles. The molecule has 1 heterocycles. The average molecular weight is 247 g/mol. The molecule has 0 aliphatic rings. The Morgan fingerprint density at radius 2 is 2.19 bits per heavy atom. The fourth-order valence-electron chi connectivity index (χ4n) is 0.928. The van der Waals surface area contributed by atoms with Crippen molar-refractivity contribution in [3.05, 3.63) is 28.4 Å². The first kappa shape index (κ1) is 12.7. The Kier molecular flexibility index (Phi) is 5.52. The quantitative estimate of drug-likeness (QED) is 0.316. The van der Waals surface area contributed by atoms with Gasteiger partial charge in [-0.15, -0.1) is 11.6 Å². The summed E-state index contributed by atoms with van der Waals surface area (Å²) in [6.45, 7) is 1.21. The first-order chi connectivity index (χ1) is 7.74. The van der Waals surface area contributed by atoms with Gasteiger partial charge in [-0.25, -0.2) is 4.98 Å². The van der Waals surface area contributed by atoms with Gasteiger partial charge in [-0.3, -0.25) is 10.1 Å². The minimum absolute atomic E-state index is 0.0641. The van der Waals surface area contributed by atoms with E-state index in [1.807, 2.05) is 0 Å². The third-order valence-electron chi connectivity index (χ3n) is 1.63. The van der Waals surface area contributed by atoms with Gasteiger partial charge in [0.2, 0.25) is 5.88 Å². The van der Waals surface area contributed by atoms with Crippen molar-refractivity contribution in [1.82, 2.24) is 4.98 Å². The topological polar surface area (TPSA) is 74.5 Å². The van der Waals surface area contributed by atoms with E-state index in [-0.39, 0.29) is 5.69 Å². The van der Waals surface area contributed by atoms with Crippen LogP contribution in [-0.4, -0.2) is 35.6 Å². The first-order valence-corrected chi connectivity index (χ1v) is 5.14. The summed E-state index contributed by atoms with van der Waals surface area (Å²) in [4.78, 5) is 13.6. The Morgan fingerprint density at radius 1 is 1.38 bits per heavy atom. The molecule has 88 valence electrons. The van der Waals surface area contributed by atoms with Gasteiger partial charge in [0, 0.05) is 18.0 Å². The lowest BCUT2D eigenvalue weighted by atomic mass is 10.4. The predicted octanol–water partition coefficient (Wildman–Crippen LogP) is 1.62.